The van der Waals surface area contributed by atoms with Gasteiger partial charge in [-0.05, 0) is 36.8 Å². The maximum absolute atomic E-state index is 12.0. The zero-order valence-corrected chi connectivity index (χ0v) is 11.3. The standard InChI is InChI=1S/C16H19NO3/c18-15(11-12-5-1-2-6-12)17-14-8-4-3-7-13(14)9-10-16(19)20/h1,3-5,7-8,12H,2,6,9-11H2,(H,17,18)(H,19,20). The van der Waals surface area contributed by atoms with Gasteiger partial charge in [-0.2, -0.15) is 0 Å². The maximum Gasteiger partial charge on any atom is 0.303 e. The van der Waals surface area contributed by atoms with Crippen LogP contribution in [0.3, 0.4) is 0 Å². The first-order chi connectivity index (χ1) is 9.65. The van der Waals surface area contributed by atoms with Gasteiger partial charge in [-0.25, -0.2) is 0 Å². The summed E-state index contributed by atoms with van der Waals surface area (Å²) in [6.45, 7) is 0. The number of aliphatic carboxylic acids is 1. The van der Waals surface area contributed by atoms with E-state index in [4.69, 9.17) is 5.11 Å². The average Bonchev–Trinajstić information content (AvgIpc) is 2.90. The Labute approximate surface area is 118 Å². The maximum atomic E-state index is 12.0. The summed E-state index contributed by atoms with van der Waals surface area (Å²) in [7, 11) is 0. The second kappa shape index (κ2) is 6.89. The molecular weight excluding hydrogens is 254 g/mol. The number of benzene rings is 1. The SMILES string of the molecule is O=C(O)CCc1ccccc1NC(=O)CC1C=CCC1. The largest absolute Gasteiger partial charge is 0.481 e. The van der Waals surface area contributed by atoms with Crippen LogP contribution in [-0.2, 0) is 16.0 Å². The van der Waals surface area contributed by atoms with Gasteiger partial charge in [-0.3, -0.25) is 9.59 Å². The molecule has 20 heavy (non-hydrogen) atoms. The van der Waals surface area contributed by atoms with Crippen LogP contribution in [0.1, 0.15) is 31.2 Å². The van der Waals surface area contributed by atoms with Gasteiger partial charge in [0, 0.05) is 18.5 Å². The molecule has 1 amide bonds. The van der Waals surface area contributed by atoms with Gasteiger partial charge >= 0.3 is 5.97 Å². The Kier molecular flexibility index (Phi) is 4.93. The van der Waals surface area contributed by atoms with Gasteiger partial charge in [0.05, 0.1) is 0 Å². The number of carboxylic acid groups (broad SMARTS) is 1. The van der Waals surface area contributed by atoms with Gasteiger partial charge in [-0.15, -0.1) is 0 Å². The number of hydrogen-bond acceptors (Lipinski definition) is 2. The minimum Gasteiger partial charge on any atom is -0.481 e. The Morgan fingerprint density at radius 2 is 2.10 bits per heavy atom. The summed E-state index contributed by atoms with van der Waals surface area (Å²) in [4.78, 5) is 22.6. The van der Waals surface area contributed by atoms with E-state index in [0.717, 1.165) is 24.1 Å². The van der Waals surface area contributed by atoms with Gasteiger partial charge in [0.25, 0.3) is 0 Å². The van der Waals surface area contributed by atoms with E-state index in [1.54, 1.807) is 0 Å². The molecule has 1 aromatic carbocycles. The molecule has 1 aliphatic carbocycles. The number of hydrogen-bond donors (Lipinski definition) is 2. The zero-order valence-electron chi connectivity index (χ0n) is 11.3. The van der Waals surface area contributed by atoms with Gasteiger partial charge in [0.1, 0.15) is 0 Å². The Morgan fingerprint density at radius 3 is 2.80 bits per heavy atom. The molecule has 2 rings (SSSR count). The number of aryl methyl sites for hydroxylation is 1. The Hall–Kier alpha value is -2.10. The van der Waals surface area contributed by atoms with Crippen LogP contribution in [0.15, 0.2) is 36.4 Å². The summed E-state index contributed by atoms with van der Waals surface area (Å²) in [5.74, 6) is -0.507. The number of anilines is 1. The lowest BCUT2D eigenvalue weighted by Gasteiger charge is -2.12. The van der Waals surface area contributed by atoms with Crippen LogP contribution in [0, 0.1) is 5.92 Å². The second-order valence-corrected chi connectivity index (χ2v) is 5.07. The number of para-hydroxylation sites is 1. The molecule has 0 bridgehead atoms. The summed E-state index contributed by atoms with van der Waals surface area (Å²) in [6, 6.07) is 7.37. The molecule has 1 atom stereocenters. The number of amides is 1. The predicted molar refractivity (Wildman–Crippen MR) is 77.5 cm³/mol. The lowest BCUT2D eigenvalue weighted by Crippen LogP contribution is -2.16. The van der Waals surface area contributed by atoms with Gasteiger partial charge in [0.2, 0.25) is 5.91 Å². The number of carbonyl (C=O) groups is 2. The van der Waals surface area contributed by atoms with Crippen molar-refractivity contribution in [3.8, 4) is 0 Å². The first kappa shape index (κ1) is 14.3. The van der Waals surface area contributed by atoms with Gasteiger partial charge in [0.15, 0.2) is 0 Å². The smallest absolute Gasteiger partial charge is 0.303 e. The molecule has 0 spiro atoms. The van der Waals surface area contributed by atoms with Crippen molar-refractivity contribution in [2.45, 2.75) is 32.1 Å². The third kappa shape index (κ3) is 4.23. The minimum absolute atomic E-state index is 0.00988. The summed E-state index contributed by atoms with van der Waals surface area (Å²) in [5, 5.41) is 11.6. The van der Waals surface area contributed by atoms with Gasteiger partial charge < -0.3 is 10.4 Å². The first-order valence-electron chi connectivity index (χ1n) is 6.91. The number of carboxylic acids is 1. The molecule has 106 valence electrons. The number of allylic oxidation sites excluding steroid dienone is 2. The van der Waals surface area contributed by atoms with Crippen LogP contribution in [-0.4, -0.2) is 17.0 Å². The van der Waals surface area contributed by atoms with Crippen LogP contribution in [0.25, 0.3) is 0 Å². The lowest BCUT2D eigenvalue weighted by molar-refractivity contribution is -0.136. The van der Waals surface area contributed by atoms with E-state index in [-0.39, 0.29) is 12.3 Å². The van der Waals surface area contributed by atoms with E-state index >= 15 is 0 Å². The van der Waals surface area contributed by atoms with Crippen LogP contribution in [0.2, 0.25) is 0 Å². The molecule has 1 aromatic rings. The molecule has 0 fully saturated rings. The summed E-state index contributed by atoms with van der Waals surface area (Å²) in [6.07, 6.45) is 7.27. The van der Waals surface area contributed by atoms with Crippen molar-refractivity contribution in [3.05, 3.63) is 42.0 Å². The molecule has 1 unspecified atom stereocenters. The Balaban J connectivity index is 1.95. The summed E-state index contributed by atoms with van der Waals surface area (Å²) >= 11 is 0. The Bertz CT molecular complexity index is 522. The van der Waals surface area contributed by atoms with Crippen molar-refractivity contribution >= 4 is 17.6 Å². The summed E-state index contributed by atoms with van der Waals surface area (Å²) in [5.41, 5.74) is 1.59. The van der Waals surface area contributed by atoms with Gasteiger partial charge in [-0.1, -0.05) is 30.4 Å². The molecule has 4 heteroatoms. The molecule has 0 heterocycles. The number of nitrogens with one attached hydrogen (secondary N) is 1. The second-order valence-electron chi connectivity index (χ2n) is 5.07. The van der Waals surface area contributed by atoms with E-state index in [2.05, 4.69) is 17.5 Å². The van der Waals surface area contributed by atoms with Crippen molar-refractivity contribution in [1.29, 1.82) is 0 Å². The van der Waals surface area contributed by atoms with E-state index in [1.165, 1.54) is 0 Å². The highest BCUT2D eigenvalue weighted by Crippen LogP contribution is 2.22. The van der Waals surface area contributed by atoms with Crippen LogP contribution >= 0.6 is 0 Å². The van der Waals surface area contributed by atoms with Crippen LogP contribution in [0.5, 0.6) is 0 Å². The predicted octanol–water partition coefficient (Wildman–Crippen LogP) is 3.00. The quantitative estimate of drug-likeness (QED) is 0.783. The first-order valence-corrected chi connectivity index (χ1v) is 6.91. The fraction of sp³-hybridized carbons (Fsp3) is 0.375. The molecular formula is C16H19NO3. The fourth-order valence-corrected chi connectivity index (χ4v) is 2.41. The van der Waals surface area contributed by atoms with E-state index in [0.29, 0.717) is 18.8 Å². The molecule has 2 N–H and O–H groups in total. The van der Waals surface area contributed by atoms with Crippen molar-refractivity contribution in [2.75, 3.05) is 5.32 Å². The molecule has 0 saturated heterocycles. The van der Waals surface area contributed by atoms with E-state index in [9.17, 15) is 9.59 Å². The molecule has 0 aliphatic heterocycles. The third-order valence-corrected chi connectivity index (χ3v) is 3.46. The third-order valence-electron chi connectivity index (χ3n) is 3.46. The molecule has 0 aromatic heterocycles. The van der Waals surface area contributed by atoms with E-state index < -0.39 is 5.97 Å². The Morgan fingerprint density at radius 1 is 1.30 bits per heavy atom. The fourth-order valence-electron chi connectivity index (χ4n) is 2.41. The number of rotatable bonds is 6. The zero-order chi connectivity index (χ0) is 14.4. The molecule has 4 nitrogen and oxygen atoms in total. The van der Waals surface area contributed by atoms with Crippen molar-refractivity contribution in [1.82, 2.24) is 0 Å². The molecule has 0 saturated carbocycles. The lowest BCUT2D eigenvalue weighted by atomic mass is 10.0. The van der Waals surface area contributed by atoms with Crippen molar-refractivity contribution in [2.24, 2.45) is 5.92 Å². The minimum atomic E-state index is -0.831. The average molecular weight is 273 g/mol. The highest BCUT2D eigenvalue weighted by atomic mass is 16.4. The van der Waals surface area contributed by atoms with Crippen molar-refractivity contribution in [3.63, 3.8) is 0 Å². The number of carbonyl (C=O) groups excluding carboxylic acids is 1. The van der Waals surface area contributed by atoms with E-state index in [1.807, 2.05) is 24.3 Å². The monoisotopic (exact) mass is 273 g/mol. The normalized spacial score (nSPS) is 17.1. The van der Waals surface area contributed by atoms with Crippen molar-refractivity contribution < 1.29 is 14.7 Å². The topological polar surface area (TPSA) is 66.4 Å². The molecule has 0 radical (unpaired) electrons. The van der Waals surface area contributed by atoms with Crippen LogP contribution < -0.4 is 5.32 Å². The highest BCUT2D eigenvalue weighted by molar-refractivity contribution is 5.91. The van der Waals surface area contributed by atoms with Crippen LogP contribution in [0.4, 0.5) is 5.69 Å². The molecule has 1 aliphatic rings. The summed E-state index contributed by atoms with van der Waals surface area (Å²) < 4.78 is 0. The highest BCUT2D eigenvalue weighted by Gasteiger charge is 2.15.